The predicted octanol–water partition coefficient (Wildman–Crippen LogP) is 3.36. The summed E-state index contributed by atoms with van der Waals surface area (Å²) in [5.41, 5.74) is 6.26. The van der Waals surface area contributed by atoms with E-state index in [0.29, 0.717) is 0 Å². The van der Waals surface area contributed by atoms with Crippen LogP contribution in [0.3, 0.4) is 0 Å². The molecule has 0 aliphatic carbocycles. The van der Waals surface area contributed by atoms with Crippen LogP contribution in [0.2, 0.25) is 0 Å². The van der Waals surface area contributed by atoms with Gasteiger partial charge >= 0.3 is 5.97 Å². The lowest BCUT2D eigenvalue weighted by atomic mass is 10.00. The van der Waals surface area contributed by atoms with Crippen molar-refractivity contribution in [2.45, 2.75) is 13.0 Å². The molecule has 0 aromatic heterocycles. The van der Waals surface area contributed by atoms with Crippen molar-refractivity contribution in [3.63, 3.8) is 0 Å². The van der Waals surface area contributed by atoms with Crippen molar-refractivity contribution >= 4 is 34.0 Å². The van der Waals surface area contributed by atoms with E-state index >= 15 is 0 Å². The molecule has 0 saturated carbocycles. The van der Waals surface area contributed by atoms with Gasteiger partial charge in [-0.2, -0.15) is 0 Å². The van der Waals surface area contributed by atoms with Gasteiger partial charge in [0.05, 0.1) is 22.2 Å². The summed E-state index contributed by atoms with van der Waals surface area (Å²) in [5, 5.41) is 15.6. The van der Waals surface area contributed by atoms with Crippen LogP contribution in [-0.4, -0.2) is 23.4 Å². The van der Waals surface area contributed by atoms with Crippen LogP contribution in [0.15, 0.2) is 60.7 Å². The lowest BCUT2D eigenvalue weighted by Gasteiger charge is -2.16. The molecule has 1 atom stereocenters. The van der Waals surface area contributed by atoms with E-state index < -0.39 is 23.4 Å². The minimum atomic E-state index is -0.828. The number of hydrogen-bond acceptors (Lipinski definition) is 6. The average Bonchev–Trinajstić information content (AvgIpc) is 2.71. The standard InChI is InChI=1S/C21H19N3O5/c1-13(16-8-4-6-14-5-2-3-7-17(14)16)23-20(25)12-29-21(26)18-10-9-15(24(27)28)11-19(18)22/h2-11,13H,12,22H2,1H3,(H,23,25). The number of nitro benzene ring substituents is 1. The Hall–Kier alpha value is -3.94. The zero-order valence-electron chi connectivity index (χ0n) is 15.6. The van der Waals surface area contributed by atoms with Gasteiger partial charge in [0.25, 0.3) is 11.6 Å². The second kappa shape index (κ2) is 8.39. The van der Waals surface area contributed by atoms with E-state index in [4.69, 9.17) is 10.5 Å². The summed E-state index contributed by atoms with van der Waals surface area (Å²) >= 11 is 0. The number of non-ortho nitro benzene ring substituents is 1. The van der Waals surface area contributed by atoms with E-state index in [1.807, 2.05) is 49.4 Å². The molecule has 0 saturated heterocycles. The smallest absolute Gasteiger partial charge is 0.340 e. The van der Waals surface area contributed by atoms with Gasteiger partial charge in [-0.1, -0.05) is 42.5 Å². The van der Waals surface area contributed by atoms with Gasteiger partial charge < -0.3 is 15.8 Å². The Bertz CT molecular complexity index is 1090. The van der Waals surface area contributed by atoms with Crippen LogP contribution < -0.4 is 11.1 Å². The molecule has 1 unspecified atom stereocenters. The number of ether oxygens (including phenoxy) is 1. The van der Waals surface area contributed by atoms with E-state index in [0.717, 1.165) is 28.5 Å². The van der Waals surface area contributed by atoms with Crippen molar-refractivity contribution < 1.29 is 19.2 Å². The largest absolute Gasteiger partial charge is 0.452 e. The third-order valence-corrected chi connectivity index (χ3v) is 4.47. The number of carbonyl (C=O) groups excluding carboxylic acids is 2. The van der Waals surface area contributed by atoms with E-state index in [2.05, 4.69) is 5.32 Å². The average molecular weight is 393 g/mol. The number of hydrogen-bond donors (Lipinski definition) is 2. The molecule has 8 heteroatoms. The predicted molar refractivity (Wildman–Crippen MR) is 108 cm³/mol. The first-order valence-electron chi connectivity index (χ1n) is 8.85. The van der Waals surface area contributed by atoms with Crippen LogP contribution in [0.25, 0.3) is 10.8 Å². The van der Waals surface area contributed by atoms with Gasteiger partial charge in [0.1, 0.15) is 0 Å². The molecule has 0 heterocycles. The maximum atomic E-state index is 12.2. The van der Waals surface area contributed by atoms with Crippen LogP contribution in [0.4, 0.5) is 11.4 Å². The Morgan fingerprint density at radius 3 is 2.59 bits per heavy atom. The fraction of sp³-hybridized carbons (Fsp3) is 0.143. The molecule has 0 bridgehead atoms. The number of anilines is 1. The van der Waals surface area contributed by atoms with Gasteiger partial charge in [0, 0.05) is 12.1 Å². The molecular formula is C21H19N3O5. The highest BCUT2D eigenvalue weighted by atomic mass is 16.6. The minimum Gasteiger partial charge on any atom is -0.452 e. The second-order valence-corrected chi connectivity index (χ2v) is 6.46. The summed E-state index contributed by atoms with van der Waals surface area (Å²) in [7, 11) is 0. The zero-order valence-corrected chi connectivity index (χ0v) is 15.6. The topological polar surface area (TPSA) is 125 Å². The molecule has 148 valence electrons. The quantitative estimate of drug-likeness (QED) is 0.286. The van der Waals surface area contributed by atoms with Gasteiger partial charge in [-0.25, -0.2) is 4.79 Å². The highest BCUT2D eigenvalue weighted by Crippen LogP contribution is 2.24. The summed E-state index contributed by atoms with van der Waals surface area (Å²) in [5.74, 6) is -1.30. The molecule has 29 heavy (non-hydrogen) atoms. The Kier molecular flexibility index (Phi) is 5.73. The molecule has 1 amide bonds. The van der Waals surface area contributed by atoms with Crippen LogP contribution in [-0.2, 0) is 9.53 Å². The van der Waals surface area contributed by atoms with Gasteiger partial charge in [-0.15, -0.1) is 0 Å². The molecule has 8 nitrogen and oxygen atoms in total. The number of nitrogens with zero attached hydrogens (tertiary/aromatic N) is 1. The Morgan fingerprint density at radius 1 is 1.14 bits per heavy atom. The summed E-state index contributed by atoms with van der Waals surface area (Å²) in [6, 6.07) is 16.8. The number of nitrogens with one attached hydrogen (secondary N) is 1. The minimum absolute atomic E-state index is 0.0366. The van der Waals surface area contributed by atoms with Crippen molar-refractivity contribution in [2.75, 3.05) is 12.3 Å². The number of nitro groups is 1. The summed E-state index contributed by atoms with van der Waals surface area (Å²) in [6.45, 7) is 1.35. The van der Waals surface area contributed by atoms with Crippen LogP contribution in [0.5, 0.6) is 0 Å². The number of fused-ring (bicyclic) bond motifs is 1. The summed E-state index contributed by atoms with van der Waals surface area (Å²) in [6.07, 6.45) is 0. The van der Waals surface area contributed by atoms with Gasteiger partial charge in [0.2, 0.25) is 0 Å². The van der Waals surface area contributed by atoms with E-state index in [-0.39, 0.29) is 23.0 Å². The van der Waals surface area contributed by atoms with E-state index in [1.54, 1.807) is 0 Å². The van der Waals surface area contributed by atoms with E-state index in [1.165, 1.54) is 6.07 Å². The third-order valence-electron chi connectivity index (χ3n) is 4.47. The number of carbonyl (C=O) groups is 2. The lowest BCUT2D eigenvalue weighted by Crippen LogP contribution is -2.31. The van der Waals surface area contributed by atoms with Crippen molar-refractivity contribution in [1.82, 2.24) is 5.32 Å². The zero-order chi connectivity index (χ0) is 21.0. The normalized spacial score (nSPS) is 11.6. The molecule has 3 aromatic rings. The Morgan fingerprint density at radius 2 is 1.86 bits per heavy atom. The molecule has 0 spiro atoms. The summed E-state index contributed by atoms with van der Waals surface area (Å²) in [4.78, 5) is 34.5. The molecule has 3 aromatic carbocycles. The third kappa shape index (κ3) is 4.49. The maximum Gasteiger partial charge on any atom is 0.340 e. The fourth-order valence-corrected chi connectivity index (χ4v) is 3.05. The SMILES string of the molecule is CC(NC(=O)COC(=O)c1ccc([N+](=O)[O-])cc1N)c1cccc2ccccc12. The molecule has 3 rings (SSSR count). The Labute approximate surface area is 166 Å². The lowest BCUT2D eigenvalue weighted by molar-refractivity contribution is -0.384. The van der Waals surface area contributed by atoms with E-state index in [9.17, 15) is 19.7 Å². The fourth-order valence-electron chi connectivity index (χ4n) is 3.05. The van der Waals surface area contributed by atoms with Gasteiger partial charge in [-0.3, -0.25) is 14.9 Å². The first-order valence-corrected chi connectivity index (χ1v) is 8.85. The Balaban J connectivity index is 1.62. The van der Waals surface area contributed by atoms with Crippen molar-refractivity contribution in [1.29, 1.82) is 0 Å². The number of esters is 1. The summed E-state index contributed by atoms with van der Waals surface area (Å²) < 4.78 is 4.99. The monoisotopic (exact) mass is 393 g/mol. The van der Waals surface area contributed by atoms with Crippen molar-refractivity contribution in [3.05, 3.63) is 81.9 Å². The molecule has 0 aliphatic heterocycles. The number of nitrogen functional groups attached to an aromatic ring is 1. The van der Waals surface area contributed by atoms with Crippen LogP contribution >= 0.6 is 0 Å². The first-order chi connectivity index (χ1) is 13.9. The highest BCUT2D eigenvalue weighted by molar-refractivity contribution is 5.96. The highest BCUT2D eigenvalue weighted by Gasteiger charge is 2.18. The molecule has 0 aliphatic rings. The molecule has 0 fully saturated rings. The number of rotatable bonds is 6. The molecule has 3 N–H and O–H groups in total. The van der Waals surface area contributed by atoms with Crippen LogP contribution in [0.1, 0.15) is 28.9 Å². The first kappa shape index (κ1) is 19.8. The maximum absolute atomic E-state index is 12.2. The number of benzene rings is 3. The molecular weight excluding hydrogens is 374 g/mol. The van der Waals surface area contributed by atoms with Gasteiger partial charge in [0.15, 0.2) is 6.61 Å². The van der Waals surface area contributed by atoms with Gasteiger partial charge in [-0.05, 0) is 29.3 Å². The van der Waals surface area contributed by atoms with Crippen molar-refractivity contribution in [3.8, 4) is 0 Å². The second-order valence-electron chi connectivity index (χ2n) is 6.46. The van der Waals surface area contributed by atoms with Crippen LogP contribution in [0, 0.1) is 10.1 Å². The van der Waals surface area contributed by atoms with Crippen molar-refractivity contribution in [2.24, 2.45) is 0 Å². The molecule has 0 radical (unpaired) electrons. The number of nitrogens with two attached hydrogens (primary N) is 1. The number of amides is 1.